The smallest absolute Gasteiger partial charge is 0.219 e. The number of hydrogen-bond donors (Lipinski definition) is 0. The van der Waals surface area contributed by atoms with Crippen LogP contribution in [0.3, 0.4) is 0 Å². The topological polar surface area (TPSA) is 92.2 Å². The molecule has 35 heavy (non-hydrogen) atoms. The van der Waals surface area contributed by atoms with Crippen molar-refractivity contribution in [1.29, 1.82) is 5.26 Å². The molecule has 3 aliphatic heterocycles. The number of aromatic nitrogens is 4. The summed E-state index contributed by atoms with van der Waals surface area (Å²) in [7, 11) is 1.88. The minimum Gasteiger partial charge on any atom is -0.379 e. The first-order valence-corrected chi connectivity index (χ1v) is 12.3. The average molecular weight is 472 g/mol. The molecule has 1 saturated heterocycles. The Morgan fingerprint density at radius 3 is 2.86 bits per heavy atom. The van der Waals surface area contributed by atoms with Gasteiger partial charge in [0, 0.05) is 74.4 Å². The number of carbonyl (C=O) groups is 1. The van der Waals surface area contributed by atoms with Gasteiger partial charge in [-0.1, -0.05) is 0 Å². The number of ether oxygens (including phenoxy) is 1. The molecule has 1 aromatic carbocycles. The number of nitriles is 1. The molecule has 3 aromatic rings. The predicted molar refractivity (Wildman–Crippen MR) is 130 cm³/mol. The second kappa shape index (κ2) is 8.54. The van der Waals surface area contributed by atoms with Crippen LogP contribution in [0.1, 0.15) is 48.2 Å². The van der Waals surface area contributed by atoms with Crippen molar-refractivity contribution in [2.24, 2.45) is 7.05 Å². The number of hydrogen-bond acceptors (Lipinski definition) is 6. The summed E-state index contributed by atoms with van der Waals surface area (Å²) in [5.74, 6) is 1.00. The quantitative estimate of drug-likeness (QED) is 0.583. The molecule has 0 saturated carbocycles. The number of carbonyl (C=O) groups excluding carboxylic acids is 1. The zero-order chi connectivity index (χ0) is 24.1. The minimum absolute atomic E-state index is 0.0884. The molecule has 0 radical (unpaired) electrons. The number of benzene rings is 1. The second-order valence-corrected chi connectivity index (χ2v) is 9.70. The Hall–Kier alpha value is -3.64. The van der Waals surface area contributed by atoms with Crippen LogP contribution in [0.15, 0.2) is 24.5 Å². The van der Waals surface area contributed by atoms with Gasteiger partial charge in [0.1, 0.15) is 0 Å². The molecule has 0 aliphatic carbocycles. The van der Waals surface area contributed by atoms with Crippen molar-refractivity contribution in [3.63, 3.8) is 0 Å². The highest BCUT2D eigenvalue weighted by Crippen LogP contribution is 2.41. The maximum Gasteiger partial charge on any atom is 0.219 e. The lowest BCUT2D eigenvalue weighted by molar-refractivity contribution is -0.129. The standard InChI is InChI=1S/C26H29N7O2/c1-17(34)31-8-5-24-23(15-31)26(29-33(24)21-6-9-35-16-21)32-7-3-4-18-10-22(19(12-27)11-25(18)32)20-13-28-30(2)14-20/h10-11,13-14,21H,3-9,15-16H2,1-2H3/t21-/m0/s1. The van der Waals surface area contributed by atoms with Gasteiger partial charge in [0.15, 0.2) is 5.82 Å². The Morgan fingerprint density at radius 1 is 1.26 bits per heavy atom. The molecule has 2 aromatic heterocycles. The largest absolute Gasteiger partial charge is 0.379 e. The number of amides is 1. The van der Waals surface area contributed by atoms with E-state index in [1.807, 2.05) is 24.2 Å². The second-order valence-electron chi connectivity index (χ2n) is 9.70. The van der Waals surface area contributed by atoms with E-state index >= 15 is 0 Å². The van der Waals surface area contributed by atoms with Gasteiger partial charge in [-0.25, -0.2) is 0 Å². The number of aryl methyl sites for hydroxylation is 2. The summed E-state index contributed by atoms with van der Waals surface area (Å²) < 4.78 is 9.60. The van der Waals surface area contributed by atoms with E-state index in [4.69, 9.17) is 9.84 Å². The van der Waals surface area contributed by atoms with E-state index in [0.29, 0.717) is 25.3 Å². The van der Waals surface area contributed by atoms with Gasteiger partial charge in [-0.2, -0.15) is 15.5 Å². The molecule has 3 aliphatic rings. The number of nitrogens with zero attached hydrogens (tertiary/aromatic N) is 7. The molecule has 9 nitrogen and oxygen atoms in total. The monoisotopic (exact) mass is 471 g/mol. The van der Waals surface area contributed by atoms with E-state index in [9.17, 15) is 10.1 Å². The summed E-state index contributed by atoms with van der Waals surface area (Å²) in [6.07, 6.45) is 7.44. The lowest BCUT2D eigenvalue weighted by Crippen LogP contribution is -2.35. The third-order valence-electron chi connectivity index (χ3n) is 7.49. The fourth-order valence-electron chi connectivity index (χ4n) is 5.68. The fourth-order valence-corrected chi connectivity index (χ4v) is 5.68. The summed E-state index contributed by atoms with van der Waals surface area (Å²) in [5, 5.41) is 19.5. The third-order valence-corrected chi connectivity index (χ3v) is 7.49. The van der Waals surface area contributed by atoms with Crippen molar-refractivity contribution in [1.82, 2.24) is 24.5 Å². The Balaban J connectivity index is 1.47. The SMILES string of the molecule is CC(=O)N1CCc2c(c(N3CCCc4cc(-c5cnn(C)c5)c(C#N)cc43)nn2[C@H]2CCOC2)C1. The fraction of sp³-hybridized carbons (Fsp3) is 0.462. The lowest BCUT2D eigenvalue weighted by Gasteiger charge is -2.33. The van der Waals surface area contributed by atoms with Gasteiger partial charge in [0.25, 0.3) is 0 Å². The van der Waals surface area contributed by atoms with Crippen LogP contribution in [-0.4, -0.2) is 56.7 Å². The van der Waals surface area contributed by atoms with Crippen LogP contribution >= 0.6 is 0 Å². The van der Waals surface area contributed by atoms with Crippen molar-refractivity contribution >= 4 is 17.4 Å². The highest BCUT2D eigenvalue weighted by atomic mass is 16.5. The highest BCUT2D eigenvalue weighted by molar-refractivity contribution is 5.79. The van der Waals surface area contributed by atoms with Gasteiger partial charge in [0.2, 0.25) is 5.91 Å². The van der Waals surface area contributed by atoms with E-state index in [0.717, 1.165) is 67.0 Å². The van der Waals surface area contributed by atoms with Gasteiger partial charge in [-0.15, -0.1) is 0 Å². The third kappa shape index (κ3) is 3.69. The molecule has 9 heteroatoms. The molecule has 6 rings (SSSR count). The first kappa shape index (κ1) is 21.9. The van der Waals surface area contributed by atoms with Crippen LogP contribution in [-0.2, 0) is 36.0 Å². The van der Waals surface area contributed by atoms with Crippen LogP contribution in [0.2, 0.25) is 0 Å². The number of anilines is 2. The summed E-state index contributed by atoms with van der Waals surface area (Å²) in [5.41, 5.74) is 7.08. The zero-order valence-corrected chi connectivity index (χ0v) is 20.2. The Kier molecular flexibility index (Phi) is 5.33. The zero-order valence-electron chi connectivity index (χ0n) is 20.2. The van der Waals surface area contributed by atoms with Crippen LogP contribution in [0.5, 0.6) is 0 Å². The molecule has 1 fully saturated rings. The first-order chi connectivity index (χ1) is 17.0. The molecule has 5 heterocycles. The number of rotatable bonds is 3. The van der Waals surface area contributed by atoms with Gasteiger partial charge >= 0.3 is 0 Å². The van der Waals surface area contributed by atoms with E-state index in [1.165, 1.54) is 11.3 Å². The molecule has 0 spiro atoms. The molecule has 0 N–H and O–H groups in total. The van der Waals surface area contributed by atoms with Crippen molar-refractivity contribution < 1.29 is 9.53 Å². The van der Waals surface area contributed by atoms with Gasteiger partial charge < -0.3 is 14.5 Å². The minimum atomic E-state index is 0.0884. The van der Waals surface area contributed by atoms with Gasteiger partial charge in [0.05, 0.1) is 37.0 Å². The maximum atomic E-state index is 12.2. The molecule has 1 atom stereocenters. The van der Waals surface area contributed by atoms with Crippen LogP contribution in [0, 0.1) is 11.3 Å². The van der Waals surface area contributed by atoms with Crippen LogP contribution < -0.4 is 4.90 Å². The van der Waals surface area contributed by atoms with E-state index in [1.54, 1.807) is 17.8 Å². The summed E-state index contributed by atoms with van der Waals surface area (Å²) in [4.78, 5) is 16.4. The maximum absolute atomic E-state index is 12.2. The van der Waals surface area contributed by atoms with Gasteiger partial charge in [-0.3, -0.25) is 14.2 Å². The molecule has 1 amide bonds. The molecule has 0 unspecified atom stereocenters. The van der Waals surface area contributed by atoms with E-state index < -0.39 is 0 Å². The lowest BCUT2D eigenvalue weighted by atomic mass is 9.93. The summed E-state index contributed by atoms with van der Waals surface area (Å²) in [6.45, 7) is 5.17. The normalized spacial score (nSPS) is 19.4. The van der Waals surface area contributed by atoms with Crippen molar-refractivity contribution in [2.45, 2.75) is 45.2 Å². The number of fused-ring (bicyclic) bond motifs is 2. The molecular weight excluding hydrogens is 442 g/mol. The van der Waals surface area contributed by atoms with Crippen LogP contribution in [0.4, 0.5) is 11.5 Å². The predicted octanol–water partition coefficient (Wildman–Crippen LogP) is 3.11. The van der Waals surface area contributed by atoms with Gasteiger partial charge in [-0.05, 0) is 37.0 Å². The van der Waals surface area contributed by atoms with Crippen LogP contribution in [0.25, 0.3) is 11.1 Å². The van der Waals surface area contributed by atoms with E-state index in [2.05, 4.69) is 26.8 Å². The molecular formula is C26H29N7O2. The Morgan fingerprint density at radius 2 is 2.14 bits per heavy atom. The Bertz CT molecular complexity index is 1340. The van der Waals surface area contributed by atoms with Crippen molar-refractivity contribution in [3.05, 3.63) is 46.9 Å². The summed E-state index contributed by atoms with van der Waals surface area (Å²) >= 11 is 0. The van der Waals surface area contributed by atoms with Crippen molar-refractivity contribution in [2.75, 3.05) is 31.2 Å². The van der Waals surface area contributed by atoms with Crippen molar-refractivity contribution in [3.8, 4) is 17.2 Å². The summed E-state index contributed by atoms with van der Waals surface area (Å²) in [6, 6.07) is 6.78. The molecule has 0 bridgehead atoms. The van der Waals surface area contributed by atoms with E-state index in [-0.39, 0.29) is 11.9 Å². The average Bonchev–Trinajstić information content (AvgIpc) is 3.62. The first-order valence-electron chi connectivity index (χ1n) is 12.3. The highest BCUT2D eigenvalue weighted by Gasteiger charge is 2.34. The Labute approximate surface area is 204 Å². The molecule has 180 valence electrons.